The normalized spacial score (nSPS) is 14.5. The summed E-state index contributed by atoms with van der Waals surface area (Å²) < 4.78 is 25.9. The van der Waals surface area contributed by atoms with E-state index in [0.717, 1.165) is 36.3 Å². The maximum Gasteiger partial charge on any atom is 0.225 e. The molecule has 4 aromatic rings. The lowest BCUT2D eigenvalue weighted by Crippen LogP contribution is -2.28. The largest absolute Gasteiger partial charge is 0.461 e. The Labute approximate surface area is 197 Å². The summed E-state index contributed by atoms with van der Waals surface area (Å²) in [5.41, 5.74) is 4.05. The molecule has 34 heavy (non-hydrogen) atoms. The van der Waals surface area contributed by atoms with Gasteiger partial charge in [0, 0.05) is 44.5 Å². The van der Waals surface area contributed by atoms with E-state index in [1.54, 1.807) is 10.8 Å². The molecule has 1 aromatic carbocycles. The van der Waals surface area contributed by atoms with E-state index in [4.69, 9.17) is 14.1 Å². The summed E-state index contributed by atoms with van der Waals surface area (Å²) in [6, 6.07) is 10.4. The van der Waals surface area contributed by atoms with Gasteiger partial charge in [0.1, 0.15) is 5.82 Å². The van der Waals surface area contributed by atoms with Gasteiger partial charge < -0.3 is 14.5 Å². The smallest absolute Gasteiger partial charge is 0.225 e. The zero-order chi connectivity index (χ0) is 23.3. The van der Waals surface area contributed by atoms with E-state index in [9.17, 15) is 4.39 Å². The SMILES string of the molecule is CCOCCNc1ncc(CN2CC=C(c3ccc(F)cc3)CC2)c2nc(-c3ccco3)nn12. The molecular weight excluding hydrogens is 435 g/mol. The number of nitrogens with zero attached hydrogens (tertiary/aromatic N) is 5. The summed E-state index contributed by atoms with van der Waals surface area (Å²) in [5, 5.41) is 7.94. The van der Waals surface area contributed by atoms with Gasteiger partial charge in [0.05, 0.1) is 12.9 Å². The van der Waals surface area contributed by atoms with Crippen LogP contribution in [0.2, 0.25) is 0 Å². The second-order valence-corrected chi connectivity index (χ2v) is 8.10. The molecule has 0 radical (unpaired) electrons. The number of halogens is 1. The minimum absolute atomic E-state index is 0.212. The first-order chi connectivity index (χ1) is 16.7. The molecule has 0 saturated heterocycles. The van der Waals surface area contributed by atoms with E-state index in [2.05, 4.69) is 26.4 Å². The van der Waals surface area contributed by atoms with Crippen molar-refractivity contribution in [3.8, 4) is 11.6 Å². The summed E-state index contributed by atoms with van der Waals surface area (Å²) in [6.07, 6.45) is 6.58. The van der Waals surface area contributed by atoms with Gasteiger partial charge in [-0.25, -0.2) is 14.4 Å². The fourth-order valence-corrected chi connectivity index (χ4v) is 4.06. The number of fused-ring (bicyclic) bond motifs is 1. The van der Waals surface area contributed by atoms with E-state index in [1.807, 2.05) is 37.4 Å². The number of hydrogen-bond acceptors (Lipinski definition) is 7. The van der Waals surface area contributed by atoms with Crippen molar-refractivity contribution in [1.29, 1.82) is 0 Å². The average molecular weight is 463 g/mol. The Morgan fingerprint density at radius 2 is 2.09 bits per heavy atom. The Hall–Kier alpha value is -3.56. The maximum atomic E-state index is 13.2. The van der Waals surface area contributed by atoms with Crippen molar-refractivity contribution in [2.24, 2.45) is 0 Å². The zero-order valence-electron chi connectivity index (χ0n) is 19.1. The highest BCUT2D eigenvalue weighted by Crippen LogP contribution is 2.25. The molecule has 0 saturated carbocycles. The van der Waals surface area contributed by atoms with Crippen LogP contribution in [0.5, 0.6) is 0 Å². The predicted molar refractivity (Wildman–Crippen MR) is 128 cm³/mol. The second kappa shape index (κ2) is 10.1. The Bertz CT molecular complexity index is 1270. The molecular formula is C25H27FN6O2. The number of nitrogens with one attached hydrogen (secondary N) is 1. The van der Waals surface area contributed by atoms with Crippen LogP contribution in [-0.2, 0) is 11.3 Å². The minimum Gasteiger partial charge on any atom is -0.461 e. The molecule has 3 aromatic heterocycles. The number of anilines is 1. The van der Waals surface area contributed by atoms with Gasteiger partial charge in [0.15, 0.2) is 11.4 Å². The Balaban J connectivity index is 1.37. The molecule has 4 heterocycles. The van der Waals surface area contributed by atoms with E-state index in [0.29, 0.717) is 43.8 Å². The minimum atomic E-state index is -0.212. The lowest BCUT2D eigenvalue weighted by Gasteiger charge is -2.26. The molecule has 0 unspecified atom stereocenters. The van der Waals surface area contributed by atoms with Crippen molar-refractivity contribution < 1.29 is 13.5 Å². The first kappa shape index (κ1) is 22.2. The molecule has 5 rings (SSSR count). The number of furan rings is 1. The van der Waals surface area contributed by atoms with Crippen molar-refractivity contribution in [3.05, 3.63) is 71.9 Å². The Morgan fingerprint density at radius 1 is 1.21 bits per heavy atom. The fraction of sp³-hybridized carbons (Fsp3) is 0.320. The molecule has 0 aliphatic carbocycles. The Kier molecular flexibility index (Phi) is 6.64. The van der Waals surface area contributed by atoms with Crippen molar-refractivity contribution in [2.75, 3.05) is 38.2 Å². The van der Waals surface area contributed by atoms with Gasteiger partial charge in [0.2, 0.25) is 11.8 Å². The molecule has 0 amide bonds. The third-order valence-corrected chi connectivity index (χ3v) is 5.82. The van der Waals surface area contributed by atoms with Gasteiger partial charge in [-0.3, -0.25) is 4.90 Å². The van der Waals surface area contributed by atoms with Gasteiger partial charge in [-0.05, 0) is 48.7 Å². The van der Waals surface area contributed by atoms with Crippen molar-refractivity contribution in [1.82, 2.24) is 24.5 Å². The van der Waals surface area contributed by atoms with Crippen LogP contribution >= 0.6 is 0 Å². The van der Waals surface area contributed by atoms with Gasteiger partial charge >= 0.3 is 0 Å². The molecule has 0 fully saturated rings. The van der Waals surface area contributed by atoms with Crippen LogP contribution in [0.4, 0.5) is 10.3 Å². The fourth-order valence-electron chi connectivity index (χ4n) is 4.06. The number of hydrogen-bond donors (Lipinski definition) is 1. The van der Waals surface area contributed by atoms with Crippen LogP contribution in [0.25, 0.3) is 22.8 Å². The third kappa shape index (κ3) is 4.85. The average Bonchev–Trinajstić information content (AvgIpc) is 3.55. The van der Waals surface area contributed by atoms with Gasteiger partial charge in [-0.1, -0.05) is 18.2 Å². The van der Waals surface area contributed by atoms with Crippen LogP contribution in [0.1, 0.15) is 24.5 Å². The summed E-state index contributed by atoms with van der Waals surface area (Å²) in [5.74, 6) is 1.53. The van der Waals surface area contributed by atoms with E-state index in [-0.39, 0.29) is 5.82 Å². The van der Waals surface area contributed by atoms with Crippen molar-refractivity contribution in [2.45, 2.75) is 19.9 Å². The standard InChI is InChI=1S/C25H27FN6O2/c1-2-33-15-11-27-25-28-16-20(24-29-23(30-32(24)25)22-4-3-14-34-22)17-31-12-9-19(10-13-31)18-5-7-21(26)8-6-18/h3-9,14,16H,2,10-13,15,17H2,1H3,(H,27,28). The molecule has 0 atom stereocenters. The molecule has 1 N–H and O–H groups in total. The molecule has 9 heteroatoms. The Morgan fingerprint density at radius 3 is 2.82 bits per heavy atom. The number of ether oxygens (including phenoxy) is 1. The van der Waals surface area contributed by atoms with Gasteiger partial charge in [0.25, 0.3) is 0 Å². The molecule has 0 spiro atoms. The van der Waals surface area contributed by atoms with Crippen LogP contribution < -0.4 is 5.32 Å². The maximum absolute atomic E-state index is 13.2. The first-order valence-electron chi connectivity index (χ1n) is 11.5. The van der Waals surface area contributed by atoms with E-state index >= 15 is 0 Å². The highest BCUT2D eigenvalue weighted by atomic mass is 19.1. The van der Waals surface area contributed by atoms with Crippen LogP contribution in [0, 0.1) is 5.82 Å². The number of aromatic nitrogens is 4. The second-order valence-electron chi connectivity index (χ2n) is 8.10. The summed E-state index contributed by atoms with van der Waals surface area (Å²) in [4.78, 5) is 11.7. The van der Waals surface area contributed by atoms with E-state index in [1.165, 1.54) is 17.7 Å². The van der Waals surface area contributed by atoms with Gasteiger partial charge in [-0.15, -0.1) is 5.10 Å². The van der Waals surface area contributed by atoms with Crippen molar-refractivity contribution in [3.63, 3.8) is 0 Å². The van der Waals surface area contributed by atoms with Crippen LogP contribution in [0.15, 0.2) is 59.4 Å². The zero-order valence-corrected chi connectivity index (χ0v) is 19.1. The molecule has 176 valence electrons. The highest BCUT2D eigenvalue weighted by Gasteiger charge is 2.19. The lowest BCUT2D eigenvalue weighted by atomic mass is 9.99. The molecule has 0 bridgehead atoms. The summed E-state index contributed by atoms with van der Waals surface area (Å²) >= 11 is 0. The van der Waals surface area contributed by atoms with Crippen LogP contribution in [0.3, 0.4) is 0 Å². The summed E-state index contributed by atoms with van der Waals surface area (Å²) in [7, 11) is 0. The highest BCUT2D eigenvalue weighted by molar-refractivity contribution is 5.66. The number of rotatable bonds is 9. The molecule has 1 aliphatic rings. The molecule has 1 aliphatic heterocycles. The first-order valence-corrected chi connectivity index (χ1v) is 11.5. The van der Waals surface area contributed by atoms with Crippen molar-refractivity contribution >= 4 is 17.2 Å². The third-order valence-electron chi connectivity index (χ3n) is 5.82. The summed E-state index contributed by atoms with van der Waals surface area (Å²) in [6.45, 7) is 6.22. The quantitative estimate of drug-likeness (QED) is 0.372. The monoisotopic (exact) mass is 462 g/mol. The topological polar surface area (TPSA) is 80.7 Å². The van der Waals surface area contributed by atoms with Crippen LogP contribution in [-0.4, -0.2) is 57.3 Å². The van der Waals surface area contributed by atoms with E-state index < -0.39 is 0 Å². The number of benzene rings is 1. The van der Waals surface area contributed by atoms with Gasteiger partial charge in [-0.2, -0.15) is 4.52 Å². The lowest BCUT2D eigenvalue weighted by molar-refractivity contribution is 0.158. The molecule has 8 nitrogen and oxygen atoms in total. The predicted octanol–water partition coefficient (Wildman–Crippen LogP) is 4.26.